The molecule has 0 radical (unpaired) electrons. The summed E-state index contributed by atoms with van der Waals surface area (Å²) in [5.74, 6) is -0.591. The van der Waals surface area contributed by atoms with Gasteiger partial charge in [-0.05, 0) is 19.1 Å². The van der Waals surface area contributed by atoms with Crippen molar-refractivity contribution in [1.29, 1.82) is 0 Å². The van der Waals surface area contributed by atoms with Gasteiger partial charge < -0.3 is 10.2 Å². The number of rotatable bonds is 3. The van der Waals surface area contributed by atoms with Crippen LogP contribution in [-0.4, -0.2) is 28.6 Å². The van der Waals surface area contributed by atoms with Gasteiger partial charge in [-0.2, -0.15) is 0 Å². The third kappa shape index (κ3) is 3.87. The molecule has 1 aliphatic heterocycles. The zero-order valence-corrected chi connectivity index (χ0v) is 15.7. The minimum atomic E-state index is -0.379. The monoisotopic (exact) mass is 358 g/mol. The van der Waals surface area contributed by atoms with Gasteiger partial charge in [0.15, 0.2) is 0 Å². The molecule has 1 N–H and O–H groups in total. The van der Waals surface area contributed by atoms with Crippen LogP contribution in [0.1, 0.15) is 37.8 Å². The second-order valence-corrected chi connectivity index (χ2v) is 8.37. The van der Waals surface area contributed by atoms with Crippen LogP contribution >= 0.6 is 11.3 Å². The van der Waals surface area contributed by atoms with Gasteiger partial charge in [-0.3, -0.25) is 9.59 Å². The van der Waals surface area contributed by atoms with E-state index in [1.807, 2.05) is 52.0 Å². The highest BCUT2D eigenvalue weighted by molar-refractivity contribution is 7.15. The Labute approximate surface area is 151 Å². The van der Waals surface area contributed by atoms with Crippen molar-refractivity contribution in [2.45, 2.75) is 39.5 Å². The van der Waals surface area contributed by atoms with Crippen molar-refractivity contribution in [2.24, 2.45) is 5.92 Å². The zero-order valence-electron chi connectivity index (χ0n) is 14.9. The second-order valence-electron chi connectivity index (χ2n) is 7.39. The van der Waals surface area contributed by atoms with E-state index in [0.29, 0.717) is 11.7 Å². The van der Waals surface area contributed by atoms with E-state index in [9.17, 15) is 9.59 Å². The minimum Gasteiger partial charge on any atom is -0.312 e. The van der Waals surface area contributed by atoms with E-state index in [1.165, 1.54) is 11.3 Å². The van der Waals surface area contributed by atoms with Gasteiger partial charge in [0.2, 0.25) is 16.9 Å². The third-order valence-corrected chi connectivity index (χ3v) is 5.40. The fraction of sp³-hybridized carbons (Fsp3) is 0.444. The summed E-state index contributed by atoms with van der Waals surface area (Å²) < 4.78 is 0. The molecule has 6 nitrogen and oxygen atoms in total. The fourth-order valence-electron chi connectivity index (χ4n) is 2.64. The predicted octanol–water partition coefficient (Wildman–Crippen LogP) is 3.14. The van der Waals surface area contributed by atoms with E-state index in [4.69, 9.17) is 0 Å². The lowest BCUT2D eigenvalue weighted by Crippen LogP contribution is -2.28. The highest BCUT2D eigenvalue weighted by atomic mass is 32.1. The Morgan fingerprint density at radius 3 is 2.52 bits per heavy atom. The average molecular weight is 358 g/mol. The Morgan fingerprint density at radius 1 is 1.24 bits per heavy atom. The minimum absolute atomic E-state index is 0.0309. The van der Waals surface area contributed by atoms with Crippen LogP contribution in [0.25, 0.3) is 0 Å². The van der Waals surface area contributed by atoms with Crippen LogP contribution in [0.5, 0.6) is 0 Å². The van der Waals surface area contributed by atoms with Crippen LogP contribution in [0.4, 0.5) is 10.8 Å². The maximum absolute atomic E-state index is 12.5. The van der Waals surface area contributed by atoms with E-state index < -0.39 is 0 Å². The van der Waals surface area contributed by atoms with E-state index in [0.717, 1.165) is 16.3 Å². The molecule has 25 heavy (non-hydrogen) atoms. The number of anilines is 2. The number of amides is 2. The normalized spacial score (nSPS) is 17.8. The van der Waals surface area contributed by atoms with Crippen molar-refractivity contribution in [3.8, 4) is 0 Å². The van der Waals surface area contributed by atoms with Gasteiger partial charge in [-0.15, -0.1) is 10.2 Å². The topological polar surface area (TPSA) is 75.2 Å². The number of benzene rings is 1. The molecule has 0 aliphatic carbocycles. The Morgan fingerprint density at radius 2 is 1.92 bits per heavy atom. The Hall–Kier alpha value is -2.28. The number of nitrogens with zero attached hydrogens (tertiary/aromatic N) is 3. The van der Waals surface area contributed by atoms with Crippen molar-refractivity contribution in [1.82, 2.24) is 10.2 Å². The summed E-state index contributed by atoms with van der Waals surface area (Å²) in [4.78, 5) is 26.5. The van der Waals surface area contributed by atoms with Crippen molar-refractivity contribution in [2.75, 3.05) is 16.8 Å². The fourth-order valence-corrected chi connectivity index (χ4v) is 3.45. The summed E-state index contributed by atoms with van der Waals surface area (Å²) >= 11 is 1.37. The predicted molar refractivity (Wildman–Crippen MR) is 98.9 cm³/mol. The zero-order chi connectivity index (χ0) is 18.2. The number of nitrogens with one attached hydrogen (secondary N) is 1. The van der Waals surface area contributed by atoms with Gasteiger partial charge in [0.25, 0.3) is 0 Å². The number of aromatic nitrogens is 2. The lowest BCUT2D eigenvalue weighted by Gasteiger charge is -2.16. The van der Waals surface area contributed by atoms with E-state index in [2.05, 4.69) is 15.5 Å². The lowest BCUT2D eigenvalue weighted by molar-refractivity contribution is -0.122. The van der Waals surface area contributed by atoms with Gasteiger partial charge in [0.05, 0.1) is 5.92 Å². The first-order chi connectivity index (χ1) is 11.7. The molecule has 1 fully saturated rings. The number of carbonyl (C=O) groups excluding carboxylic acids is 2. The smallest absolute Gasteiger partial charge is 0.231 e. The first-order valence-corrected chi connectivity index (χ1v) is 9.07. The summed E-state index contributed by atoms with van der Waals surface area (Å²) in [6.07, 6.45) is 0.213. The molecule has 0 saturated carbocycles. The summed E-state index contributed by atoms with van der Waals surface area (Å²) in [5, 5.41) is 12.3. The molecule has 0 unspecified atom stereocenters. The molecule has 7 heteroatoms. The maximum atomic E-state index is 12.5. The first-order valence-electron chi connectivity index (χ1n) is 8.26. The summed E-state index contributed by atoms with van der Waals surface area (Å²) in [5.41, 5.74) is 1.86. The molecule has 2 heterocycles. The Bertz CT molecular complexity index is 792. The molecule has 1 atom stereocenters. The van der Waals surface area contributed by atoms with Crippen LogP contribution in [0.2, 0.25) is 0 Å². The molecule has 1 saturated heterocycles. The van der Waals surface area contributed by atoms with E-state index >= 15 is 0 Å². The SMILES string of the molecule is Cc1ccc(N2C[C@H](C(=O)Nc3nnc(C(C)(C)C)s3)CC2=O)cc1. The molecule has 132 valence electrons. The number of carbonyl (C=O) groups is 2. The summed E-state index contributed by atoms with van der Waals surface area (Å²) in [7, 11) is 0. The van der Waals surface area contributed by atoms with Gasteiger partial charge in [-0.25, -0.2) is 0 Å². The quantitative estimate of drug-likeness (QED) is 0.915. The van der Waals surface area contributed by atoms with Crippen molar-refractivity contribution in [3.63, 3.8) is 0 Å². The highest BCUT2D eigenvalue weighted by Gasteiger charge is 2.35. The average Bonchev–Trinajstić information content (AvgIpc) is 3.15. The molecule has 1 aromatic carbocycles. The molecular formula is C18H22N4O2S. The van der Waals surface area contributed by atoms with Gasteiger partial charge >= 0.3 is 0 Å². The van der Waals surface area contributed by atoms with Crippen LogP contribution in [0, 0.1) is 12.8 Å². The Balaban J connectivity index is 1.66. The molecule has 2 amide bonds. The number of hydrogen-bond acceptors (Lipinski definition) is 5. The highest BCUT2D eigenvalue weighted by Crippen LogP contribution is 2.29. The molecule has 0 spiro atoms. The van der Waals surface area contributed by atoms with Crippen LogP contribution in [-0.2, 0) is 15.0 Å². The lowest BCUT2D eigenvalue weighted by atomic mass is 9.98. The summed E-state index contributed by atoms with van der Waals surface area (Å²) in [6, 6.07) is 7.75. The molecule has 1 aliphatic rings. The summed E-state index contributed by atoms with van der Waals surface area (Å²) in [6.45, 7) is 8.54. The van der Waals surface area contributed by atoms with Gasteiger partial charge in [-0.1, -0.05) is 49.8 Å². The molecule has 1 aromatic heterocycles. The van der Waals surface area contributed by atoms with Gasteiger partial charge in [0.1, 0.15) is 5.01 Å². The molecule has 0 bridgehead atoms. The Kier molecular flexibility index (Phi) is 4.60. The first kappa shape index (κ1) is 17.5. The molecular weight excluding hydrogens is 336 g/mol. The molecule has 2 aromatic rings. The van der Waals surface area contributed by atoms with Crippen LogP contribution in [0.15, 0.2) is 24.3 Å². The third-order valence-electron chi connectivity index (χ3n) is 4.14. The second kappa shape index (κ2) is 6.55. The largest absolute Gasteiger partial charge is 0.312 e. The van der Waals surface area contributed by atoms with E-state index in [-0.39, 0.29) is 29.6 Å². The standard InChI is InChI=1S/C18H22N4O2S/c1-11-5-7-13(8-6-11)22-10-12(9-14(22)23)15(24)19-17-21-20-16(25-17)18(2,3)4/h5-8,12H,9-10H2,1-4H3,(H,19,21,24)/t12-/m1/s1. The van der Waals surface area contributed by atoms with Crippen molar-refractivity contribution in [3.05, 3.63) is 34.8 Å². The van der Waals surface area contributed by atoms with Crippen LogP contribution in [0.3, 0.4) is 0 Å². The van der Waals surface area contributed by atoms with Gasteiger partial charge in [0, 0.05) is 24.1 Å². The number of aryl methyl sites for hydroxylation is 1. The van der Waals surface area contributed by atoms with Crippen molar-refractivity contribution >= 4 is 34.0 Å². The number of hydrogen-bond donors (Lipinski definition) is 1. The maximum Gasteiger partial charge on any atom is 0.231 e. The van der Waals surface area contributed by atoms with E-state index in [1.54, 1.807) is 4.90 Å². The molecule has 3 rings (SSSR count). The van der Waals surface area contributed by atoms with Crippen molar-refractivity contribution < 1.29 is 9.59 Å². The van der Waals surface area contributed by atoms with Crippen LogP contribution < -0.4 is 10.2 Å².